The van der Waals surface area contributed by atoms with Gasteiger partial charge in [0.25, 0.3) is 0 Å². The van der Waals surface area contributed by atoms with Crippen molar-refractivity contribution < 1.29 is 0 Å². The molecule has 0 saturated carbocycles. The van der Waals surface area contributed by atoms with Gasteiger partial charge in [0.05, 0.1) is 11.0 Å². The lowest BCUT2D eigenvalue weighted by Gasteiger charge is -2.17. The van der Waals surface area contributed by atoms with E-state index < -0.39 is 0 Å². The molecule has 1 heterocycles. The zero-order chi connectivity index (χ0) is 11.8. The first-order valence-corrected chi connectivity index (χ1v) is 6.26. The van der Waals surface area contributed by atoms with E-state index in [9.17, 15) is 0 Å². The van der Waals surface area contributed by atoms with Crippen molar-refractivity contribution in [1.82, 2.24) is 9.97 Å². The van der Waals surface area contributed by atoms with Crippen LogP contribution in [0.25, 0.3) is 11.0 Å². The molecule has 0 radical (unpaired) electrons. The Kier molecular flexibility index (Phi) is 3.08. The summed E-state index contributed by atoms with van der Waals surface area (Å²) >= 11 is 7.75. The molecule has 2 nitrogen and oxygen atoms in total. The van der Waals surface area contributed by atoms with Gasteiger partial charge in [0.15, 0.2) is 5.15 Å². The van der Waals surface area contributed by atoms with E-state index in [4.69, 9.17) is 11.6 Å². The Bertz CT molecular complexity index is 520. The van der Waals surface area contributed by atoms with Crippen LogP contribution in [0.4, 0.5) is 0 Å². The zero-order valence-corrected chi connectivity index (χ0v) is 11.1. The van der Waals surface area contributed by atoms with Crippen molar-refractivity contribution in [1.29, 1.82) is 0 Å². The fourth-order valence-corrected chi connectivity index (χ4v) is 2.42. The molecule has 0 fully saturated rings. The van der Waals surface area contributed by atoms with Gasteiger partial charge in [-0.2, -0.15) is 0 Å². The summed E-state index contributed by atoms with van der Waals surface area (Å²) < 4.78 is 0.0841. The highest BCUT2D eigenvalue weighted by molar-refractivity contribution is 8.00. The number of nitrogens with zero attached hydrogens (tertiary/aromatic N) is 2. The standard InChI is InChI=1S/C12H13ClN2S/c1-12(2,3)16-11-10(13)14-8-6-4-5-7-9(8)15-11/h4-7H,1-3H3. The van der Waals surface area contributed by atoms with E-state index in [-0.39, 0.29) is 4.75 Å². The molecule has 2 rings (SSSR count). The molecular weight excluding hydrogens is 240 g/mol. The lowest BCUT2D eigenvalue weighted by Crippen LogP contribution is -2.08. The predicted octanol–water partition coefficient (Wildman–Crippen LogP) is 4.17. The number of hydrogen-bond donors (Lipinski definition) is 0. The van der Waals surface area contributed by atoms with Gasteiger partial charge in [-0.15, -0.1) is 0 Å². The fraction of sp³-hybridized carbons (Fsp3) is 0.333. The van der Waals surface area contributed by atoms with Crippen molar-refractivity contribution in [3.8, 4) is 0 Å². The molecule has 0 saturated heterocycles. The summed E-state index contributed by atoms with van der Waals surface area (Å²) in [5.41, 5.74) is 1.73. The van der Waals surface area contributed by atoms with E-state index in [0.29, 0.717) is 5.15 Å². The van der Waals surface area contributed by atoms with Crippen LogP contribution in [0.2, 0.25) is 5.15 Å². The molecule has 0 aliphatic carbocycles. The zero-order valence-electron chi connectivity index (χ0n) is 9.49. The van der Waals surface area contributed by atoms with Gasteiger partial charge in [0.2, 0.25) is 0 Å². The average molecular weight is 253 g/mol. The lowest BCUT2D eigenvalue weighted by molar-refractivity contribution is 0.799. The highest BCUT2D eigenvalue weighted by Crippen LogP contribution is 2.34. The second-order valence-electron chi connectivity index (χ2n) is 4.52. The molecule has 0 spiro atoms. The van der Waals surface area contributed by atoms with E-state index in [2.05, 4.69) is 30.7 Å². The highest BCUT2D eigenvalue weighted by atomic mass is 35.5. The van der Waals surface area contributed by atoms with Crippen LogP contribution in [0.5, 0.6) is 0 Å². The molecule has 2 aromatic rings. The van der Waals surface area contributed by atoms with Crippen molar-refractivity contribution in [3.05, 3.63) is 29.4 Å². The Balaban J connectivity index is 2.50. The molecule has 0 amide bonds. The largest absolute Gasteiger partial charge is 0.237 e. The summed E-state index contributed by atoms with van der Waals surface area (Å²) in [4.78, 5) is 8.87. The summed E-state index contributed by atoms with van der Waals surface area (Å²) in [5.74, 6) is 0. The number of thioether (sulfide) groups is 1. The van der Waals surface area contributed by atoms with Gasteiger partial charge in [0.1, 0.15) is 5.03 Å². The fourth-order valence-electron chi connectivity index (χ4n) is 1.32. The third-order valence-corrected chi connectivity index (χ3v) is 3.37. The highest BCUT2D eigenvalue weighted by Gasteiger charge is 2.16. The maximum Gasteiger partial charge on any atom is 0.161 e. The van der Waals surface area contributed by atoms with Gasteiger partial charge in [-0.05, 0) is 12.1 Å². The van der Waals surface area contributed by atoms with Crippen LogP contribution < -0.4 is 0 Å². The van der Waals surface area contributed by atoms with Crippen LogP contribution in [-0.2, 0) is 0 Å². The minimum absolute atomic E-state index is 0.0841. The molecule has 84 valence electrons. The Morgan fingerprint density at radius 2 is 1.62 bits per heavy atom. The molecule has 1 aromatic carbocycles. The Morgan fingerprint density at radius 3 is 2.19 bits per heavy atom. The molecule has 0 unspecified atom stereocenters. The summed E-state index contributed by atoms with van der Waals surface area (Å²) in [5, 5.41) is 1.28. The van der Waals surface area contributed by atoms with Crippen LogP contribution in [-0.4, -0.2) is 14.7 Å². The van der Waals surface area contributed by atoms with Gasteiger partial charge < -0.3 is 0 Å². The molecular formula is C12H13ClN2S. The van der Waals surface area contributed by atoms with Crippen LogP contribution in [0.1, 0.15) is 20.8 Å². The minimum Gasteiger partial charge on any atom is -0.237 e. The molecule has 0 aliphatic rings. The Hall–Kier alpha value is -0.800. The third kappa shape index (κ3) is 2.66. The van der Waals surface area contributed by atoms with E-state index in [1.165, 1.54) is 0 Å². The SMILES string of the molecule is CC(C)(C)Sc1nc2ccccc2nc1Cl. The quantitative estimate of drug-likeness (QED) is 0.713. The smallest absolute Gasteiger partial charge is 0.161 e. The molecule has 16 heavy (non-hydrogen) atoms. The molecule has 0 bridgehead atoms. The predicted molar refractivity (Wildman–Crippen MR) is 70.2 cm³/mol. The average Bonchev–Trinajstić information content (AvgIpc) is 2.17. The van der Waals surface area contributed by atoms with Crippen molar-refractivity contribution >= 4 is 34.4 Å². The third-order valence-electron chi connectivity index (χ3n) is 1.90. The number of halogens is 1. The van der Waals surface area contributed by atoms with E-state index in [1.807, 2.05) is 24.3 Å². The number of para-hydroxylation sites is 2. The van der Waals surface area contributed by atoms with Gasteiger partial charge in [0, 0.05) is 4.75 Å². The van der Waals surface area contributed by atoms with Gasteiger partial charge in [-0.25, -0.2) is 9.97 Å². The van der Waals surface area contributed by atoms with E-state index >= 15 is 0 Å². The number of fused-ring (bicyclic) bond motifs is 1. The second-order valence-corrected chi connectivity index (χ2v) is 6.70. The number of aromatic nitrogens is 2. The molecule has 1 aromatic heterocycles. The Labute approximate surface area is 104 Å². The summed E-state index contributed by atoms with van der Waals surface area (Å²) in [7, 11) is 0. The second kappa shape index (κ2) is 4.22. The summed E-state index contributed by atoms with van der Waals surface area (Å²) in [6.07, 6.45) is 0. The first-order chi connectivity index (χ1) is 7.46. The Morgan fingerprint density at radius 1 is 1.06 bits per heavy atom. The first-order valence-electron chi connectivity index (χ1n) is 5.07. The molecule has 0 aliphatic heterocycles. The maximum atomic E-state index is 6.11. The number of rotatable bonds is 1. The molecule has 0 N–H and O–H groups in total. The van der Waals surface area contributed by atoms with Crippen molar-refractivity contribution in [2.24, 2.45) is 0 Å². The van der Waals surface area contributed by atoms with Crippen molar-refractivity contribution in [2.75, 3.05) is 0 Å². The van der Waals surface area contributed by atoms with Gasteiger partial charge >= 0.3 is 0 Å². The minimum atomic E-state index is 0.0841. The monoisotopic (exact) mass is 252 g/mol. The van der Waals surface area contributed by atoms with Crippen LogP contribution in [0.15, 0.2) is 29.3 Å². The first kappa shape index (κ1) is 11.7. The van der Waals surface area contributed by atoms with Crippen molar-refractivity contribution in [3.63, 3.8) is 0 Å². The topological polar surface area (TPSA) is 25.8 Å². The van der Waals surface area contributed by atoms with E-state index in [1.54, 1.807) is 11.8 Å². The molecule has 0 atom stereocenters. The maximum absolute atomic E-state index is 6.11. The van der Waals surface area contributed by atoms with Crippen LogP contribution in [0, 0.1) is 0 Å². The van der Waals surface area contributed by atoms with Gasteiger partial charge in [-0.1, -0.05) is 56.3 Å². The van der Waals surface area contributed by atoms with E-state index in [0.717, 1.165) is 16.1 Å². The van der Waals surface area contributed by atoms with Crippen LogP contribution >= 0.6 is 23.4 Å². The number of hydrogen-bond acceptors (Lipinski definition) is 3. The lowest BCUT2D eigenvalue weighted by atomic mass is 10.3. The summed E-state index contributed by atoms with van der Waals surface area (Å²) in [6.45, 7) is 6.39. The molecule has 4 heteroatoms. The summed E-state index contributed by atoms with van der Waals surface area (Å²) in [6, 6.07) is 7.76. The number of benzene rings is 1. The van der Waals surface area contributed by atoms with Gasteiger partial charge in [-0.3, -0.25) is 0 Å². The van der Waals surface area contributed by atoms with Crippen molar-refractivity contribution in [2.45, 2.75) is 30.5 Å². The van der Waals surface area contributed by atoms with Crippen LogP contribution in [0.3, 0.4) is 0 Å². The normalized spacial score (nSPS) is 12.0.